The van der Waals surface area contributed by atoms with Crippen molar-refractivity contribution in [3.8, 4) is 0 Å². The van der Waals surface area contributed by atoms with Crippen molar-refractivity contribution in [3.63, 3.8) is 0 Å². The van der Waals surface area contributed by atoms with Crippen LogP contribution in [0.15, 0.2) is 84.2 Å². The fourth-order valence-corrected chi connectivity index (χ4v) is 2.14. The van der Waals surface area contributed by atoms with Crippen molar-refractivity contribution in [2.75, 3.05) is 0 Å². The van der Waals surface area contributed by atoms with Crippen LogP contribution in [-0.4, -0.2) is 15.5 Å². The van der Waals surface area contributed by atoms with Crippen molar-refractivity contribution in [2.24, 2.45) is 4.99 Å². The van der Waals surface area contributed by atoms with Gasteiger partial charge in [0.25, 0.3) is 5.91 Å². The second-order valence-electron chi connectivity index (χ2n) is 4.83. The Labute approximate surface area is 128 Å². The number of pyridine rings is 2. The Morgan fingerprint density at radius 2 is 1.82 bits per heavy atom. The zero-order valence-electron chi connectivity index (χ0n) is 12.0. The quantitative estimate of drug-likeness (QED) is 0.744. The lowest BCUT2D eigenvalue weighted by Crippen LogP contribution is -2.22. The van der Waals surface area contributed by atoms with Gasteiger partial charge in [-0.3, -0.25) is 9.78 Å². The molecular weight excluding hydrogens is 274 g/mol. The van der Waals surface area contributed by atoms with E-state index in [2.05, 4.69) is 9.98 Å². The second-order valence-corrected chi connectivity index (χ2v) is 4.83. The van der Waals surface area contributed by atoms with Gasteiger partial charge in [-0.15, -0.1) is 0 Å². The van der Waals surface area contributed by atoms with Crippen LogP contribution in [0.4, 0.5) is 0 Å². The Bertz CT molecular complexity index is 823. The molecule has 0 fully saturated rings. The molecule has 3 aromatic rings. The molecule has 0 aliphatic carbocycles. The van der Waals surface area contributed by atoms with E-state index in [4.69, 9.17) is 0 Å². The third kappa shape index (κ3) is 3.35. The Morgan fingerprint density at radius 3 is 2.59 bits per heavy atom. The highest BCUT2D eigenvalue weighted by atomic mass is 16.1. The van der Waals surface area contributed by atoms with Gasteiger partial charge in [-0.05, 0) is 29.8 Å². The predicted molar refractivity (Wildman–Crippen MR) is 84.1 cm³/mol. The third-order valence-electron chi connectivity index (χ3n) is 3.24. The minimum atomic E-state index is -0.291. The van der Waals surface area contributed by atoms with E-state index in [1.165, 1.54) is 6.20 Å². The van der Waals surface area contributed by atoms with Crippen LogP contribution in [0.5, 0.6) is 0 Å². The van der Waals surface area contributed by atoms with E-state index in [1.807, 2.05) is 59.3 Å². The predicted octanol–water partition coefficient (Wildman–Crippen LogP) is 2.67. The minimum absolute atomic E-state index is 0.291. The maximum Gasteiger partial charge on any atom is 0.280 e. The van der Waals surface area contributed by atoms with Gasteiger partial charge in [-0.1, -0.05) is 36.4 Å². The summed E-state index contributed by atoms with van der Waals surface area (Å²) in [5, 5.41) is 0. The summed E-state index contributed by atoms with van der Waals surface area (Å²) in [4.78, 5) is 20.4. The number of hydrogen-bond donors (Lipinski definition) is 0. The molecule has 0 bridgehead atoms. The Morgan fingerprint density at radius 1 is 1.00 bits per heavy atom. The van der Waals surface area contributed by atoms with E-state index in [1.54, 1.807) is 18.3 Å². The van der Waals surface area contributed by atoms with Crippen molar-refractivity contribution in [1.29, 1.82) is 0 Å². The lowest BCUT2D eigenvalue weighted by molar-refractivity contribution is 0.0997. The third-order valence-corrected chi connectivity index (χ3v) is 3.24. The van der Waals surface area contributed by atoms with E-state index >= 15 is 0 Å². The first-order chi connectivity index (χ1) is 10.8. The molecule has 0 spiro atoms. The van der Waals surface area contributed by atoms with Crippen molar-refractivity contribution < 1.29 is 4.79 Å². The number of carbonyl (C=O) groups excluding carboxylic acids is 1. The molecular formula is C18H15N3O. The number of benzene rings is 1. The van der Waals surface area contributed by atoms with E-state index in [9.17, 15) is 4.79 Å². The standard InChI is InChI=1S/C18H15N3O/c22-18(16-9-6-11-19-13-16)20-17-10-4-5-12-21(17)14-15-7-2-1-3-8-15/h1-13H,14H2. The molecule has 0 N–H and O–H groups in total. The first-order valence-corrected chi connectivity index (χ1v) is 7.01. The average molecular weight is 289 g/mol. The van der Waals surface area contributed by atoms with Gasteiger partial charge in [-0.2, -0.15) is 4.99 Å². The van der Waals surface area contributed by atoms with Crippen LogP contribution >= 0.6 is 0 Å². The van der Waals surface area contributed by atoms with Crippen LogP contribution in [0.2, 0.25) is 0 Å². The van der Waals surface area contributed by atoms with Crippen LogP contribution < -0.4 is 5.49 Å². The van der Waals surface area contributed by atoms with Crippen LogP contribution in [0.25, 0.3) is 0 Å². The molecule has 4 nitrogen and oxygen atoms in total. The summed E-state index contributed by atoms with van der Waals surface area (Å²) in [5.41, 5.74) is 2.27. The Hall–Kier alpha value is -3.01. The summed E-state index contributed by atoms with van der Waals surface area (Å²) >= 11 is 0. The van der Waals surface area contributed by atoms with E-state index < -0.39 is 0 Å². The molecule has 2 heterocycles. The van der Waals surface area contributed by atoms with Crippen LogP contribution in [0, 0.1) is 0 Å². The number of nitrogens with zero attached hydrogens (tertiary/aromatic N) is 3. The van der Waals surface area contributed by atoms with Gasteiger partial charge in [0.15, 0.2) is 0 Å². The highest BCUT2D eigenvalue weighted by Crippen LogP contribution is 2.01. The molecule has 1 aromatic carbocycles. The molecule has 0 aliphatic heterocycles. The number of carbonyl (C=O) groups is 1. The van der Waals surface area contributed by atoms with E-state index in [0.717, 1.165) is 5.56 Å². The molecule has 1 amide bonds. The van der Waals surface area contributed by atoms with Crippen molar-refractivity contribution in [1.82, 2.24) is 9.55 Å². The van der Waals surface area contributed by atoms with Crippen LogP contribution in [0.1, 0.15) is 15.9 Å². The molecule has 108 valence electrons. The summed E-state index contributed by atoms with van der Waals surface area (Å²) < 4.78 is 1.95. The highest BCUT2D eigenvalue weighted by Gasteiger charge is 2.03. The summed E-state index contributed by atoms with van der Waals surface area (Å²) in [7, 11) is 0. The molecule has 0 saturated heterocycles. The molecule has 3 rings (SSSR count). The normalized spacial score (nSPS) is 11.4. The fraction of sp³-hybridized carbons (Fsp3) is 0.0556. The van der Waals surface area contributed by atoms with Crippen molar-refractivity contribution >= 4 is 5.91 Å². The summed E-state index contributed by atoms with van der Waals surface area (Å²) in [5.74, 6) is -0.291. The Balaban J connectivity index is 1.94. The van der Waals surface area contributed by atoms with Gasteiger partial charge >= 0.3 is 0 Å². The fourth-order valence-electron chi connectivity index (χ4n) is 2.14. The zero-order valence-corrected chi connectivity index (χ0v) is 12.0. The van der Waals surface area contributed by atoms with Gasteiger partial charge in [0.05, 0.1) is 5.56 Å². The molecule has 0 aliphatic rings. The monoisotopic (exact) mass is 289 g/mol. The first kappa shape index (κ1) is 13.9. The van der Waals surface area contributed by atoms with Gasteiger partial charge in [0.1, 0.15) is 5.49 Å². The molecule has 0 saturated carbocycles. The number of hydrogen-bond acceptors (Lipinski definition) is 2. The minimum Gasteiger partial charge on any atom is -0.328 e. The van der Waals surface area contributed by atoms with Crippen molar-refractivity contribution in [2.45, 2.75) is 6.54 Å². The Kier molecular flexibility index (Phi) is 4.20. The summed E-state index contributed by atoms with van der Waals surface area (Å²) in [6, 6.07) is 19.1. The number of aromatic nitrogens is 2. The second kappa shape index (κ2) is 6.63. The maximum absolute atomic E-state index is 12.2. The number of amides is 1. The topological polar surface area (TPSA) is 47.2 Å². The lowest BCUT2D eigenvalue weighted by Gasteiger charge is -2.07. The van der Waals surface area contributed by atoms with Crippen molar-refractivity contribution in [3.05, 3.63) is 95.9 Å². The summed E-state index contributed by atoms with van der Waals surface area (Å²) in [6.07, 6.45) is 5.08. The lowest BCUT2D eigenvalue weighted by atomic mass is 10.2. The maximum atomic E-state index is 12.2. The van der Waals surface area contributed by atoms with E-state index in [0.29, 0.717) is 17.6 Å². The van der Waals surface area contributed by atoms with Gasteiger partial charge in [-0.25, -0.2) is 0 Å². The van der Waals surface area contributed by atoms with Gasteiger partial charge in [0, 0.05) is 25.1 Å². The summed E-state index contributed by atoms with van der Waals surface area (Å²) in [6.45, 7) is 0.667. The molecule has 4 heteroatoms. The molecule has 0 unspecified atom stereocenters. The molecule has 2 aromatic heterocycles. The van der Waals surface area contributed by atoms with Gasteiger partial charge in [0.2, 0.25) is 0 Å². The number of rotatable bonds is 3. The van der Waals surface area contributed by atoms with Crippen LogP contribution in [-0.2, 0) is 6.54 Å². The molecule has 22 heavy (non-hydrogen) atoms. The molecule has 0 atom stereocenters. The smallest absolute Gasteiger partial charge is 0.280 e. The first-order valence-electron chi connectivity index (χ1n) is 7.01. The van der Waals surface area contributed by atoms with E-state index in [-0.39, 0.29) is 5.91 Å². The zero-order chi connectivity index (χ0) is 15.2. The van der Waals surface area contributed by atoms with Crippen LogP contribution in [0.3, 0.4) is 0 Å². The molecule has 0 radical (unpaired) electrons. The largest absolute Gasteiger partial charge is 0.328 e. The SMILES string of the molecule is O=C(N=c1ccccn1Cc1ccccc1)c1cccnc1. The average Bonchev–Trinajstić information content (AvgIpc) is 2.58. The van der Waals surface area contributed by atoms with Gasteiger partial charge < -0.3 is 4.57 Å². The highest BCUT2D eigenvalue weighted by molar-refractivity contribution is 5.94.